The van der Waals surface area contributed by atoms with Crippen LogP contribution in [-0.2, 0) is 0 Å². The van der Waals surface area contributed by atoms with Crippen molar-refractivity contribution in [3.8, 4) is 0 Å². The first-order valence-electron chi connectivity index (χ1n) is 4.70. The van der Waals surface area contributed by atoms with Crippen LogP contribution in [0.5, 0.6) is 0 Å². The Labute approximate surface area is 70.8 Å². The van der Waals surface area contributed by atoms with Gasteiger partial charge in [0, 0.05) is 13.1 Å². The molecule has 0 bridgehead atoms. The van der Waals surface area contributed by atoms with Crippen LogP contribution in [0.3, 0.4) is 0 Å². The smallest absolute Gasteiger partial charge is 0.00302 e. The van der Waals surface area contributed by atoms with Gasteiger partial charge < -0.3 is 4.90 Å². The van der Waals surface area contributed by atoms with Crippen molar-refractivity contribution >= 4 is 0 Å². The number of hydrogen-bond donors (Lipinski definition) is 0. The van der Waals surface area contributed by atoms with Crippen LogP contribution in [0.25, 0.3) is 0 Å². The molecule has 0 amide bonds. The molecule has 1 unspecified atom stereocenters. The van der Waals surface area contributed by atoms with Crippen LogP contribution in [-0.4, -0.2) is 24.5 Å². The van der Waals surface area contributed by atoms with E-state index in [-0.39, 0.29) is 0 Å². The van der Waals surface area contributed by atoms with Crippen molar-refractivity contribution in [3.05, 3.63) is 0 Å². The summed E-state index contributed by atoms with van der Waals surface area (Å²) in [6.45, 7) is 13.2. The topological polar surface area (TPSA) is 3.24 Å². The van der Waals surface area contributed by atoms with Crippen molar-refractivity contribution in [2.75, 3.05) is 19.6 Å². The number of nitrogens with zero attached hydrogens (tertiary/aromatic N) is 1. The Bertz CT molecular complexity index is 123. The first-order valence-corrected chi connectivity index (χ1v) is 4.70. The minimum absolute atomic E-state index is 0.476. The van der Waals surface area contributed by atoms with Crippen LogP contribution < -0.4 is 0 Å². The Morgan fingerprint density at radius 1 is 1.36 bits per heavy atom. The molecule has 11 heavy (non-hydrogen) atoms. The van der Waals surface area contributed by atoms with Gasteiger partial charge in [-0.15, -0.1) is 0 Å². The molecule has 1 rings (SSSR count). The molecule has 1 heterocycles. The van der Waals surface area contributed by atoms with Gasteiger partial charge >= 0.3 is 0 Å². The summed E-state index contributed by atoms with van der Waals surface area (Å²) in [6, 6.07) is 0. The van der Waals surface area contributed by atoms with Crippen LogP contribution in [0.1, 0.15) is 34.1 Å². The highest BCUT2D eigenvalue weighted by Gasteiger charge is 2.22. The third-order valence-electron chi connectivity index (χ3n) is 2.21. The van der Waals surface area contributed by atoms with E-state index in [0.717, 1.165) is 5.92 Å². The Balaban J connectivity index is 2.29. The van der Waals surface area contributed by atoms with Crippen molar-refractivity contribution in [1.82, 2.24) is 4.90 Å². The van der Waals surface area contributed by atoms with Crippen LogP contribution in [0, 0.1) is 11.3 Å². The quantitative estimate of drug-likeness (QED) is 0.562. The van der Waals surface area contributed by atoms with Crippen molar-refractivity contribution in [2.24, 2.45) is 11.3 Å². The molecule has 0 N–H and O–H groups in total. The van der Waals surface area contributed by atoms with Crippen LogP contribution >= 0.6 is 0 Å². The van der Waals surface area contributed by atoms with Gasteiger partial charge in [-0.1, -0.05) is 27.7 Å². The van der Waals surface area contributed by atoms with E-state index in [4.69, 9.17) is 0 Å². The number of likely N-dealkylation sites (tertiary alicyclic amines) is 1. The maximum atomic E-state index is 2.59. The lowest BCUT2D eigenvalue weighted by atomic mass is 9.96. The predicted octanol–water partition coefficient (Wildman–Crippen LogP) is 2.37. The summed E-state index contributed by atoms with van der Waals surface area (Å²) in [5.74, 6) is 0.928. The Morgan fingerprint density at radius 2 is 2.00 bits per heavy atom. The lowest BCUT2D eigenvalue weighted by Crippen LogP contribution is -2.30. The molecule has 0 saturated carbocycles. The standard InChI is InChI=1S/C10H21N/c1-9-5-6-11(7-9)8-10(2,3)4/h9H,5-8H2,1-4H3. The Kier molecular flexibility index (Phi) is 2.58. The molecule has 1 atom stereocenters. The second-order valence-corrected chi connectivity index (χ2v) is 5.19. The van der Waals surface area contributed by atoms with Gasteiger partial charge in [-0.3, -0.25) is 0 Å². The lowest BCUT2D eigenvalue weighted by molar-refractivity contribution is 0.222. The van der Waals surface area contributed by atoms with Crippen molar-refractivity contribution in [2.45, 2.75) is 34.1 Å². The van der Waals surface area contributed by atoms with Crippen LogP contribution in [0.15, 0.2) is 0 Å². The van der Waals surface area contributed by atoms with Gasteiger partial charge in [-0.2, -0.15) is 0 Å². The second-order valence-electron chi connectivity index (χ2n) is 5.19. The summed E-state index contributed by atoms with van der Waals surface area (Å²) >= 11 is 0. The normalized spacial score (nSPS) is 27.8. The predicted molar refractivity (Wildman–Crippen MR) is 49.7 cm³/mol. The van der Waals surface area contributed by atoms with Gasteiger partial charge in [-0.25, -0.2) is 0 Å². The average Bonchev–Trinajstić information content (AvgIpc) is 2.10. The molecule has 1 saturated heterocycles. The van der Waals surface area contributed by atoms with Crippen LogP contribution in [0.4, 0.5) is 0 Å². The summed E-state index contributed by atoms with van der Waals surface area (Å²) in [6.07, 6.45) is 1.40. The lowest BCUT2D eigenvalue weighted by Gasteiger charge is -2.25. The molecule has 0 spiro atoms. The van der Waals surface area contributed by atoms with Gasteiger partial charge in [-0.05, 0) is 24.3 Å². The van der Waals surface area contributed by atoms with Crippen molar-refractivity contribution < 1.29 is 0 Å². The van der Waals surface area contributed by atoms with E-state index in [0.29, 0.717) is 5.41 Å². The van der Waals surface area contributed by atoms with Crippen LogP contribution in [0.2, 0.25) is 0 Å². The van der Waals surface area contributed by atoms with Gasteiger partial charge in [0.1, 0.15) is 0 Å². The van der Waals surface area contributed by atoms with E-state index in [9.17, 15) is 0 Å². The SMILES string of the molecule is CC1CCN(CC(C)(C)C)C1. The molecule has 0 aromatic rings. The first-order chi connectivity index (χ1) is 4.97. The zero-order chi connectivity index (χ0) is 8.48. The Morgan fingerprint density at radius 3 is 2.36 bits per heavy atom. The zero-order valence-electron chi connectivity index (χ0n) is 8.35. The molecule has 0 aliphatic carbocycles. The average molecular weight is 155 g/mol. The maximum Gasteiger partial charge on any atom is 0.00302 e. The van der Waals surface area contributed by atoms with Gasteiger partial charge in [0.2, 0.25) is 0 Å². The van der Waals surface area contributed by atoms with Gasteiger partial charge in [0.15, 0.2) is 0 Å². The molecule has 1 aliphatic rings. The molecular weight excluding hydrogens is 134 g/mol. The number of rotatable bonds is 1. The molecule has 0 aromatic carbocycles. The highest BCUT2D eigenvalue weighted by molar-refractivity contribution is 4.76. The fourth-order valence-electron chi connectivity index (χ4n) is 1.84. The highest BCUT2D eigenvalue weighted by atomic mass is 15.1. The first kappa shape index (κ1) is 9.05. The summed E-state index contributed by atoms with van der Waals surface area (Å²) in [5, 5.41) is 0. The Hall–Kier alpha value is -0.0400. The third-order valence-corrected chi connectivity index (χ3v) is 2.21. The molecule has 0 radical (unpaired) electrons. The number of hydrogen-bond acceptors (Lipinski definition) is 1. The van der Waals surface area contributed by atoms with E-state index in [2.05, 4.69) is 32.6 Å². The molecule has 1 fully saturated rings. The van der Waals surface area contributed by atoms with E-state index < -0.39 is 0 Å². The van der Waals surface area contributed by atoms with Gasteiger partial charge in [0.25, 0.3) is 0 Å². The zero-order valence-corrected chi connectivity index (χ0v) is 8.35. The molecule has 1 aliphatic heterocycles. The summed E-state index contributed by atoms with van der Waals surface area (Å²) < 4.78 is 0. The van der Waals surface area contributed by atoms with E-state index in [1.54, 1.807) is 0 Å². The van der Waals surface area contributed by atoms with E-state index in [1.165, 1.54) is 26.1 Å². The molecule has 0 aromatic heterocycles. The van der Waals surface area contributed by atoms with Gasteiger partial charge in [0.05, 0.1) is 0 Å². The monoisotopic (exact) mass is 155 g/mol. The maximum absolute atomic E-state index is 2.59. The summed E-state index contributed by atoms with van der Waals surface area (Å²) in [7, 11) is 0. The molecule has 66 valence electrons. The molecule has 1 heteroatoms. The summed E-state index contributed by atoms with van der Waals surface area (Å²) in [5.41, 5.74) is 0.476. The van der Waals surface area contributed by atoms with E-state index >= 15 is 0 Å². The minimum atomic E-state index is 0.476. The molecular formula is C10H21N. The van der Waals surface area contributed by atoms with Crippen molar-refractivity contribution in [3.63, 3.8) is 0 Å². The molecule has 1 nitrogen and oxygen atoms in total. The summed E-state index contributed by atoms with van der Waals surface area (Å²) in [4.78, 5) is 2.59. The third kappa shape index (κ3) is 3.24. The fourth-order valence-corrected chi connectivity index (χ4v) is 1.84. The highest BCUT2D eigenvalue weighted by Crippen LogP contribution is 2.21. The second kappa shape index (κ2) is 3.14. The minimum Gasteiger partial charge on any atom is -0.303 e. The fraction of sp³-hybridized carbons (Fsp3) is 1.00. The van der Waals surface area contributed by atoms with E-state index in [1.807, 2.05) is 0 Å². The largest absolute Gasteiger partial charge is 0.303 e. The van der Waals surface area contributed by atoms with Crippen molar-refractivity contribution in [1.29, 1.82) is 0 Å².